The highest BCUT2D eigenvalue weighted by atomic mass is 16.4. The molecule has 1 aliphatic rings. The molecule has 1 aliphatic heterocycles. The van der Waals surface area contributed by atoms with E-state index in [0.29, 0.717) is 18.4 Å². The lowest BCUT2D eigenvalue weighted by atomic mass is 10.0. The van der Waals surface area contributed by atoms with Gasteiger partial charge in [0, 0.05) is 13.0 Å². The van der Waals surface area contributed by atoms with E-state index in [9.17, 15) is 34.5 Å². The molecular formula is C20H28N4O7. The molecule has 7 N–H and O–H groups in total. The van der Waals surface area contributed by atoms with Gasteiger partial charge >= 0.3 is 5.97 Å². The van der Waals surface area contributed by atoms with Gasteiger partial charge in [-0.05, 0) is 37.5 Å². The van der Waals surface area contributed by atoms with Crippen LogP contribution in [0.2, 0.25) is 0 Å². The van der Waals surface area contributed by atoms with E-state index in [-0.39, 0.29) is 25.3 Å². The number of benzene rings is 1. The molecule has 31 heavy (non-hydrogen) atoms. The SMILES string of the molecule is CC(O)C(NC(=O)CN)C(=O)NC(Cc1ccc(O)cc1)C(=O)N1CCCC1C(=O)O. The van der Waals surface area contributed by atoms with E-state index in [1.807, 2.05) is 0 Å². The Morgan fingerprint density at radius 2 is 1.84 bits per heavy atom. The zero-order valence-electron chi connectivity index (χ0n) is 17.2. The van der Waals surface area contributed by atoms with Crippen LogP contribution in [0.5, 0.6) is 5.75 Å². The van der Waals surface area contributed by atoms with Crippen LogP contribution in [0, 0.1) is 0 Å². The van der Waals surface area contributed by atoms with Crippen LogP contribution in [0.15, 0.2) is 24.3 Å². The monoisotopic (exact) mass is 436 g/mol. The fraction of sp³-hybridized carbons (Fsp3) is 0.500. The van der Waals surface area contributed by atoms with E-state index in [0.717, 1.165) is 0 Å². The van der Waals surface area contributed by atoms with Crippen molar-refractivity contribution >= 4 is 23.7 Å². The van der Waals surface area contributed by atoms with Gasteiger partial charge in [-0.1, -0.05) is 12.1 Å². The number of aliphatic carboxylic acids is 1. The van der Waals surface area contributed by atoms with E-state index in [1.54, 1.807) is 12.1 Å². The van der Waals surface area contributed by atoms with E-state index >= 15 is 0 Å². The van der Waals surface area contributed by atoms with Crippen molar-refractivity contribution in [3.05, 3.63) is 29.8 Å². The van der Waals surface area contributed by atoms with E-state index in [2.05, 4.69) is 10.6 Å². The van der Waals surface area contributed by atoms with Crippen LogP contribution in [0.3, 0.4) is 0 Å². The Morgan fingerprint density at radius 3 is 2.39 bits per heavy atom. The van der Waals surface area contributed by atoms with Gasteiger partial charge in [0.2, 0.25) is 17.7 Å². The number of phenolic OH excluding ortho intramolecular Hbond substituents is 1. The summed E-state index contributed by atoms with van der Waals surface area (Å²) in [6.45, 7) is 1.15. The average Bonchev–Trinajstić information content (AvgIpc) is 3.22. The molecule has 1 heterocycles. The van der Waals surface area contributed by atoms with Gasteiger partial charge < -0.3 is 36.6 Å². The van der Waals surface area contributed by atoms with Crippen molar-refractivity contribution in [2.24, 2.45) is 5.73 Å². The summed E-state index contributed by atoms with van der Waals surface area (Å²) in [6.07, 6.45) is -0.418. The average molecular weight is 436 g/mol. The molecule has 0 radical (unpaired) electrons. The van der Waals surface area contributed by atoms with Crippen molar-refractivity contribution in [1.82, 2.24) is 15.5 Å². The number of carboxylic acid groups (broad SMARTS) is 1. The predicted octanol–water partition coefficient (Wildman–Crippen LogP) is -1.68. The molecule has 0 aromatic heterocycles. The largest absolute Gasteiger partial charge is 0.508 e. The third-order valence-corrected chi connectivity index (χ3v) is 5.08. The minimum Gasteiger partial charge on any atom is -0.508 e. The first kappa shape index (κ1) is 24.1. The van der Waals surface area contributed by atoms with Crippen LogP contribution in [0.25, 0.3) is 0 Å². The molecule has 11 nitrogen and oxygen atoms in total. The zero-order chi connectivity index (χ0) is 23.1. The summed E-state index contributed by atoms with van der Waals surface area (Å²) in [5.74, 6) is -3.15. The van der Waals surface area contributed by atoms with Crippen molar-refractivity contribution < 1.29 is 34.5 Å². The Morgan fingerprint density at radius 1 is 1.19 bits per heavy atom. The second kappa shape index (κ2) is 10.7. The molecule has 0 aliphatic carbocycles. The molecule has 0 spiro atoms. The van der Waals surface area contributed by atoms with Crippen molar-refractivity contribution in [2.45, 2.75) is 50.4 Å². The van der Waals surface area contributed by atoms with E-state index in [1.165, 1.54) is 24.0 Å². The van der Waals surface area contributed by atoms with Crippen molar-refractivity contribution in [2.75, 3.05) is 13.1 Å². The van der Waals surface area contributed by atoms with Crippen molar-refractivity contribution in [3.63, 3.8) is 0 Å². The Hall–Kier alpha value is -3.18. The lowest BCUT2D eigenvalue weighted by Crippen LogP contribution is -2.59. The van der Waals surface area contributed by atoms with E-state index in [4.69, 9.17) is 5.73 Å². The van der Waals surface area contributed by atoms with Gasteiger partial charge in [-0.3, -0.25) is 14.4 Å². The number of carbonyl (C=O) groups excluding carboxylic acids is 3. The summed E-state index contributed by atoms with van der Waals surface area (Å²) >= 11 is 0. The number of hydrogen-bond donors (Lipinski definition) is 6. The number of aliphatic hydroxyl groups is 1. The lowest BCUT2D eigenvalue weighted by molar-refractivity contribution is -0.149. The van der Waals surface area contributed by atoms with Crippen molar-refractivity contribution in [1.29, 1.82) is 0 Å². The maximum absolute atomic E-state index is 13.2. The minimum absolute atomic E-state index is 0.0189. The van der Waals surface area contributed by atoms with Gasteiger partial charge in [-0.25, -0.2) is 4.79 Å². The first-order chi connectivity index (χ1) is 14.6. The van der Waals surface area contributed by atoms with Crippen LogP contribution in [0.1, 0.15) is 25.3 Å². The second-order valence-corrected chi connectivity index (χ2v) is 7.45. The summed E-state index contributed by atoms with van der Waals surface area (Å²) in [4.78, 5) is 50.3. The highest BCUT2D eigenvalue weighted by Gasteiger charge is 2.38. The lowest BCUT2D eigenvalue weighted by Gasteiger charge is -2.29. The Labute approximate surface area is 179 Å². The summed E-state index contributed by atoms with van der Waals surface area (Å²) in [7, 11) is 0. The topological polar surface area (TPSA) is 182 Å². The fourth-order valence-corrected chi connectivity index (χ4v) is 3.45. The Bertz CT molecular complexity index is 812. The summed E-state index contributed by atoms with van der Waals surface area (Å²) in [6, 6.07) is 2.51. The molecule has 3 amide bonds. The van der Waals surface area contributed by atoms with Gasteiger partial charge in [0.15, 0.2) is 0 Å². The highest BCUT2D eigenvalue weighted by molar-refractivity contribution is 5.94. The predicted molar refractivity (Wildman–Crippen MR) is 109 cm³/mol. The molecule has 4 unspecified atom stereocenters. The van der Waals surface area contributed by atoms with Gasteiger partial charge in [0.25, 0.3) is 0 Å². The van der Waals surface area contributed by atoms with E-state index < -0.39 is 47.9 Å². The number of aliphatic hydroxyl groups excluding tert-OH is 1. The van der Waals surface area contributed by atoms with Gasteiger partial charge in [0.1, 0.15) is 23.9 Å². The number of nitrogens with zero attached hydrogens (tertiary/aromatic N) is 1. The number of phenols is 1. The number of amides is 3. The fourth-order valence-electron chi connectivity index (χ4n) is 3.45. The maximum Gasteiger partial charge on any atom is 0.326 e. The molecule has 1 saturated heterocycles. The standard InChI is InChI=1S/C20H28N4O7/c1-11(25)17(23-16(27)10-21)18(28)22-14(9-12-4-6-13(26)7-5-12)19(29)24-8-2-3-15(24)20(30)31/h4-7,11,14-15,17,25-26H,2-3,8-10,21H2,1H3,(H,22,28)(H,23,27)(H,30,31). The van der Waals surface area contributed by atoms with Crippen LogP contribution < -0.4 is 16.4 Å². The number of nitrogens with two attached hydrogens (primary N) is 1. The minimum atomic E-state index is -1.35. The van der Waals surface area contributed by atoms with Crippen LogP contribution in [-0.4, -0.2) is 81.2 Å². The van der Waals surface area contributed by atoms with Crippen LogP contribution in [-0.2, 0) is 25.6 Å². The Kier molecular flexibility index (Phi) is 8.34. The zero-order valence-corrected chi connectivity index (χ0v) is 17.2. The first-order valence-electron chi connectivity index (χ1n) is 9.93. The number of rotatable bonds is 9. The number of hydrogen-bond acceptors (Lipinski definition) is 7. The number of carbonyl (C=O) groups is 4. The highest BCUT2D eigenvalue weighted by Crippen LogP contribution is 2.20. The molecule has 11 heteroatoms. The number of carboxylic acids is 1. The molecule has 0 saturated carbocycles. The summed E-state index contributed by atoms with van der Waals surface area (Å²) < 4.78 is 0. The second-order valence-electron chi connectivity index (χ2n) is 7.45. The summed E-state index contributed by atoms with van der Waals surface area (Å²) in [5.41, 5.74) is 5.86. The molecule has 1 aromatic rings. The van der Waals surface area contributed by atoms with Gasteiger partial charge in [-0.15, -0.1) is 0 Å². The normalized spacial score (nSPS) is 18.7. The molecule has 1 fully saturated rings. The van der Waals surface area contributed by atoms with Crippen LogP contribution in [0.4, 0.5) is 0 Å². The third-order valence-electron chi connectivity index (χ3n) is 5.08. The molecule has 0 bridgehead atoms. The maximum atomic E-state index is 13.2. The number of likely N-dealkylation sites (tertiary alicyclic amines) is 1. The van der Waals surface area contributed by atoms with Crippen LogP contribution >= 0.6 is 0 Å². The third kappa shape index (κ3) is 6.40. The van der Waals surface area contributed by atoms with Gasteiger partial charge in [-0.2, -0.15) is 0 Å². The molecule has 4 atom stereocenters. The summed E-state index contributed by atoms with van der Waals surface area (Å²) in [5, 5.41) is 33.6. The number of aromatic hydroxyl groups is 1. The quantitative estimate of drug-likeness (QED) is 0.265. The molecule has 2 rings (SSSR count). The molecule has 1 aromatic carbocycles. The smallest absolute Gasteiger partial charge is 0.326 e. The first-order valence-corrected chi connectivity index (χ1v) is 9.93. The molecular weight excluding hydrogens is 408 g/mol. The van der Waals surface area contributed by atoms with Gasteiger partial charge in [0.05, 0.1) is 12.6 Å². The Balaban J connectivity index is 2.26. The molecule has 170 valence electrons. The van der Waals surface area contributed by atoms with Crippen molar-refractivity contribution in [3.8, 4) is 5.75 Å². The number of nitrogens with one attached hydrogen (secondary N) is 2.